The Morgan fingerprint density at radius 1 is 1.00 bits per heavy atom. The molecule has 0 aliphatic carbocycles. The summed E-state index contributed by atoms with van der Waals surface area (Å²) in [6, 6.07) is 15.5. The highest BCUT2D eigenvalue weighted by molar-refractivity contribution is 6.73. The number of hydrogen-bond acceptors (Lipinski definition) is 3. The van der Waals surface area contributed by atoms with E-state index in [1.54, 1.807) is 19.2 Å². The first-order chi connectivity index (χ1) is 13.1. The smallest absolute Gasteiger partial charge is 0.192 e. The van der Waals surface area contributed by atoms with Crippen LogP contribution in [-0.4, -0.2) is 25.2 Å². The Kier molecular flexibility index (Phi) is 5.97. The van der Waals surface area contributed by atoms with Gasteiger partial charge in [0.25, 0.3) is 0 Å². The van der Waals surface area contributed by atoms with E-state index in [2.05, 4.69) is 20.8 Å². The van der Waals surface area contributed by atoms with E-state index in [0.717, 1.165) is 46.2 Å². The SMILES string of the molecule is CC[Si](CC)(CC)OCc1c2cc(OC)ccc2nn1-c1ccc(F)cc1. The molecule has 4 nitrogen and oxygen atoms in total. The summed E-state index contributed by atoms with van der Waals surface area (Å²) in [5.41, 5.74) is 2.67. The Balaban J connectivity index is 2.08. The van der Waals surface area contributed by atoms with Crippen LogP contribution in [0.2, 0.25) is 18.1 Å². The average Bonchev–Trinajstić information content (AvgIpc) is 3.07. The van der Waals surface area contributed by atoms with Crippen molar-refractivity contribution in [3.8, 4) is 11.4 Å². The summed E-state index contributed by atoms with van der Waals surface area (Å²) in [7, 11) is -0.0903. The highest BCUT2D eigenvalue weighted by Gasteiger charge is 2.29. The Hall–Kier alpha value is -2.18. The van der Waals surface area contributed by atoms with E-state index in [9.17, 15) is 4.39 Å². The van der Waals surface area contributed by atoms with Gasteiger partial charge in [-0.15, -0.1) is 0 Å². The van der Waals surface area contributed by atoms with Gasteiger partial charge in [-0.1, -0.05) is 20.8 Å². The topological polar surface area (TPSA) is 36.3 Å². The summed E-state index contributed by atoms with van der Waals surface area (Å²) in [5, 5.41) is 5.74. The number of fused-ring (bicyclic) bond motifs is 1. The molecule has 27 heavy (non-hydrogen) atoms. The van der Waals surface area contributed by atoms with Crippen LogP contribution in [0.3, 0.4) is 0 Å². The van der Waals surface area contributed by atoms with Crippen molar-refractivity contribution in [1.82, 2.24) is 9.78 Å². The molecule has 3 aromatic rings. The summed E-state index contributed by atoms with van der Waals surface area (Å²) in [6.07, 6.45) is 0. The number of methoxy groups -OCH3 is 1. The van der Waals surface area contributed by atoms with Gasteiger partial charge in [0.2, 0.25) is 0 Å². The molecule has 0 spiro atoms. The molecule has 0 N–H and O–H groups in total. The first-order valence-corrected chi connectivity index (χ1v) is 12.0. The Labute approximate surface area is 161 Å². The lowest BCUT2D eigenvalue weighted by Crippen LogP contribution is -2.35. The van der Waals surface area contributed by atoms with E-state index in [4.69, 9.17) is 14.3 Å². The fourth-order valence-corrected chi connectivity index (χ4v) is 6.01. The summed E-state index contributed by atoms with van der Waals surface area (Å²) in [6.45, 7) is 7.15. The Morgan fingerprint density at radius 2 is 1.67 bits per heavy atom. The maximum Gasteiger partial charge on any atom is 0.192 e. The first kappa shape index (κ1) is 19.6. The number of halogens is 1. The summed E-state index contributed by atoms with van der Waals surface area (Å²) >= 11 is 0. The van der Waals surface area contributed by atoms with Gasteiger partial charge in [0.05, 0.1) is 30.6 Å². The van der Waals surface area contributed by atoms with Crippen LogP contribution in [0, 0.1) is 5.82 Å². The van der Waals surface area contributed by atoms with Crippen molar-refractivity contribution in [2.45, 2.75) is 45.5 Å². The molecule has 0 amide bonds. The van der Waals surface area contributed by atoms with Crippen molar-refractivity contribution in [3.63, 3.8) is 0 Å². The molecular weight excluding hydrogens is 359 g/mol. The van der Waals surface area contributed by atoms with Gasteiger partial charge in [0.1, 0.15) is 11.6 Å². The molecule has 1 aromatic heterocycles. The monoisotopic (exact) mass is 386 g/mol. The third kappa shape index (κ3) is 3.91. The van der Waals surface area contributed by atoms with Crippen LogP contribution in [0.1, 0.15) is 26.5 Å². The number of benzene rings is 2. The lowest BCUT2D eigenvalue weighted by molar-refractivity contribution is 0.280. The van der Waals surface area contributed by atoms with Crippen LogP contribution in [0.4, 0.5) is 4.39 Å². The minimum absolute atomic E-state index is 0.260. The second-order valence-corrected chi connectivity index (χ2v) is 11.5. The lowest BCUT2D eigenvalue weighted by atomic mass is 10.2. The summed E-state index contributed by atoms with van der Waals surface area (Å²) in [5.74, 6) is 0.525. The third-order valence-electron chi connectivity index (χ3n) is 5.50. The van der Waals surface area contributed by atoms with E-state index in [1.807, 2.05) is 22.9 Å². The average molecular weight is 387 g/mol. The predicted molar refractivity (Wildman–Crippen MR) is 110 cm³/mol. The van der Waals surface area contributed by atoms with Gasteiger partial charge in [-0.05, 0) is 60.6 Å². The molecule has 0 bridgehead atoms. The van der Waals surface area contributed by atoms with Crippen LogP contribution < -0.4 is 4.74 Å². The largest absolute Gasteiger partial charge is 0.497 e. The van der Waals surface area contributed by atoms with Crippen molar-refractivity contribution in [3.05, 3.63) is 54.0 Å². The van der Waals surface area contributed by atoms with Crippen molar-refractivity contribution in [2.24, 2.45) is 0 Å². The van der Waals surface area contributed by atoms with Crippen molar-refractivity contribution in [2.75, 3.05) is 7.11 Å². The van der Waals surface area contributed by atoms with Crippen LogP contribution in [-0.2, 0) is 11.0 Å². The molecule has 0 saturated carbocycles. The summed E-state index contributed by atoms with van der Waals surface area (Å²) in [4.78, 5) is 0. The predicted octanol–water partition coefficient (Wildman–Crippen LogP) is 5.70. The number of ether oxygens (including phenoxy) is 1. The van der Waals surface area contributed by atoms with E-state index >= 15 is 0 Å². The zero-order valence-electron chi connectivity index (χ0n) is 16.5. The van der Waals surface area contributed by atoms with Crippen LogP contribution in [0.25, 0.3) is 16.6 Å². The molecular formula is C21H27FN2O2Si. The molecule has 0 atom stereocenters. The van der Waals surface area contributed by atoms with Crippen LogP contribution >= 0.6 is 0 Å². The summed E-state index contributed by atoms with van der Waals surface area (Å²) < 4.78 is 27.2. The number of nitrogens with zero attached hydrogens (tertiary/aromatic N) is 2. The van der Waals surface area contributed by atoms with Crippen molar-refractivity contribution < 1.29 is 13.6 Å². The zero-order chi connectivity index (χ0) is 19.4. The molecule has 3 rings (SSSR count). The first-order valence-electron chi connectivity index (χ1n) is 9.51. The highest BCUT2D eigenvalue weighted by Crippen LogP contribution is 2.29. The molecule has 0 aliphatic rings. The second kappa shape index (κ2) is 8.23. The zero-order valence-corrected chi connectivity index (χ0v) is 17.5. The molecule has 6 heteroatoms. The van der Waals surface area contributed by atoms with Gasteiger partial charge in [0.15, 0.2) is 8.32 Å². The molecule has 0 saturated heterocycles. The molecule has 0 radical (unpaired) electrons. The molecule has 1 heterocycles. The molecule has 0 aliphatic heterocycles. The highest BCUT2D eigenvalue weighted by atomic mass is 28.4. The Morgan fingerprint density at radius 3 is 2.26 bits per heavy atom. The molecule has 0 unspecified atom stereocenters. The van der Waals surface area contributed by atoms with Crippen LogP contribution in [0.5, 0.6) is 5.75 Å². The van der Waals surface area contributed by atoms with Gasteiger partial charge >= 0.3 is 0 Å². The minimum atomic E-state index is -1.75. The third-order valence-corrected chi connectivity index (χ3v) is 10.1. The van der Waals surface area contributed by atoms with E-state index < -0.39 is 8.32 Å². The fourth-order valence-electron chi connectivity index (χ4n) is 3.46. The van der Waals surface area contributed by atoms with Gasteiger partial charge in [-0.25, -0.2) is 9.07 Å². The maximum atomic E-state index is 13.4. The molecule has 2 aromatic carbocycles. The van der Waals surface area contributed by atoms with Crippen molar-refractivity contribution in [1.29, 1.82) is 0 Å². The van der Waals surface area contributed by atoms with Crippen LogP contribution in [0.15, 0.2) is 42.5 Å². The molecule has 0 fully saturated rings. The van der Waals surface area contributed by atoms with Gasteiger partial charge < -0.3 is 9.16 Å². The number of hydrogen-bond donors (Lipinski definition) is 0. The van der Waals surface area contributed by atoms with Gasteiger partial charge in [0, 0.05) is 5.39 Å². The number of aromatic nitrogens is 2. The van der Waals surface area contributed by atoms with Crippen molar-refractivity contribution >= 4 is 19.2 Å². The van der Waals surface area contributed by atoms with E-state index in [0.29, 0.717) is 6.61 Å². The van der Waals surface area contributed by atoms with E-state index in [1.165, 1.54) is 12.1 Å². The second-order valence-electron chi connectivity index (χ2n) is 6.75. The van der Waals surface area contributed by atoms with E-state index in [-0.39, 0.29) is 5.82 Å². The fraction of sp³-hybridized carbons (Fsp3) is 0.381. The molecule has 144 valence electrons. The Bertz CT molecular complexity index is 896. The van der Waals surface area contributed by atoms with Gasteiger partial charge in [-0.3, -0.25) is 0 Å². The number of rotatable bonds is 8. The maximum absolute atomic E-state index is 13.4. The van der Waals surface area contributed by atoms with Gasteiger partial charge in [-0.2, -0.15) is 5.10 Å². The minimum Gasteiger partial charge on any atom is -0.497 e. The standard InChI is InChI=1S/C21H27FN2O2Si/c1-5-27(6-2,7-3)26-15-21-19-14-18(25-4)12-13-20(19)23-24(21)17-10-8-16(22)9-11-17/h8-14H,5-7,15H2,1-4H3. The lowest BCUT2D eigenvalue weighted by Gasteiger charge is -2.28. The quantitative estimate of drug-likeness (QED) is 0.466. The normalized spacial score (nSPS) is 11.9.